The van der Waals surface area contributed by atoms with Gasteiger partial charge in [0, 0.05) is 28.4 Å². The lowest BCUT2D eigenvalue weighted by Gasteiger charge is -2.10. The Kier molecular flexibility index (Phi) is 5.44. The van der Waals surface area contributed by atoms with Crippen molar-refractivity contribution in [1.29, 1.82) is 5.26 Å². The first-order valence-corrected chi connectivity index (χ1v) is 9.64. The van der Waals surface area contributed by atoms with E-state index in [-0.39, 0.29) is 5.56 Å². The Bertz CT molecular complexity index is 1350. The summed E-state index contributed by atoms with van der Waals surface area (Å²) in [5.74, 6) is -1.93. The molecule has 0 spiro atoms. The van der Waals surface area contributed by atoms with Crippen molar-refractivity contribution in [3.63, 3.8) is 0 Å². The number of nitriles is 1. The first-order chi connectivity index (χ1) is 15.0. The van der Waals surface area contributed by atoms with Gasteiger partial charge in [0.25, 0.3) is 5.78 Å². The first kappa shape index (κ1) is 20.2. The summed E-state index contributed by atoms with van der Waals surface area (Å²) in [4.78, 5) is 23.4. The molecule has 0 bridgehead atoms. The largest absolute Gasteiger partial charge is 0.489 e. The summed E-state index contributed by atoms with van der Waals surface area (Å²) in [5, 5.41) is 18.9. The molecular weight excluding hydrogens is 416 g/mol. The first-order valence-electron chi connectivity index (χ1n) is 9.27. The molecule has 0 aliphatic carbocycles. The third-order valence-electron chi connectivity index (χ3n) is 4.79. The lowest BCUT2D eigenvalue weighted by atomic mass is 10.1. The molecule has 1 N–H and O–H groups in total. The van der Waals surface area contributed by atoms with Gasteiger partial charge in [0.2, 0.25) is 0 Å². The number of rotatable bonds is 6. The van der Waals surface area contributed by atoms with Gasteiger partial charge in [0.05, 0.1) is 22.7 Å². The summed E-state index contributed by atoms with van der Waals surface area (Å²) in [6.45, 7) is 0.319. The number of carbonyl (C=O) groups is 2. The summed E-state index contributed by atoms with van der Waals surface area (Å²) >= 11 is 6.07. The van der Waals surface area contributed by atoms with Gasteiger partial charge >= 0.3 is 5.97 Å². The maximum atomic E-state index is 12.2. The van der Waals surface area contributed by atoms with Gasteiger partial charge in [0.1, 0.15) is 12.4 Å². The molecular formula is C24H15ClN2O4. The second kappa shape index (κ2) is 8.34. The van der Waals surface area contributed by atoms with Gasteiger partial charge in [-0.1, -0.05) is 29.8 Å². The third kappa shape index (κ3) is 4.13. The SMILES string of the molecule is N#Cc1ccc(COc2cccc(-n3cc(C(=O)C(=O)O)c4cc(Cl)ccc43)c2)cc1. The average molecular weight is 431 g/mol. The highest BCUT2D eigenvalue weighted by atomic mass is 35.5. The molecule has 3 aromatic carbocycles. The van der Waals surface area contributed by atoms with Crippen LogP contribution in [0.3, 0.4) is 0 Å². The number of hydrogen-bond donors (Lipinski definition) is 1. The predicted octanol–water partition coefficient (Wildman–Crippen LogP) is 5.00. The van der Waals surface area contributed by atoms with Gasteiger partial charge in [-0.3, -0.25) is 4.79 Å². The molecule has 7 heteroatoms. The second-order valence-corrected chi connectivity index (χ2v) is 7.24. The molecule has 0 atom stereocenters. The van der Waals surface area contributed by atoms with Crippen LogP contribution in [0.2, 0.25) is 5.02 Å². The fraction of sp³-hybridized carbons (Fsp3) is 0.0417. The number of carboxylic acids is 1. The van der Waals surface area contributed by atoms with E-state index >= 15 is 0 Å². The van der Waals surface area contributed by atoms with Crippen molar-refractivity contribution in [2.24, 2.45) is 0 Å². The summed E-state index contributed by atoms with van der Waals surface area (Å²) in [6, 6.07) is 21.4. The number of aromatic nitrogens is 1. The van der Waals surface area contributed by atoms with Crippen LogP contribution < -0.4 is 4.74 Å². The van der Waals surface area contributed by atoms with E-state index in [9.17, 15) is 9.59 Å². The molecule has 0 saturated heterocycles. The number of Topliss-reactive ketones (excluding diaryl/α,β-unsaturated/α-hetero) is 1. The Morgan fingerprint density at radius 3 is 2.55 bits per heavy atom. The smallest absolute Gasteiger partial charge is 0.377 e. The second-order valence-electron chi connectivity index (χ2n) is 6.80. The minimum atomic E-state index is -1.53. The molecule has 4 aromatic rings. The quantitative estimate of drug-likeness (QED) is 0.343. The fourth-order valence-corrected chi connectivity index (χ4v) is 3.45. The lowest BCUT2D eigenvalue weighted by molar-refractivity contribution is -0.131. The third-order valence-corrected chi connectivity index (χ3v) is 5.02. The molecule has 0 amide bonds. The van der Waals surface area contributed by atoms with Crippen molar-refractivity contribution in [3.05, 3.63) is 94.6 Å². The number of fused-ring (bicyclic) bond motifs is 1. The van der Waals surface area contributed by atoms with Crippen LogP contribution in [-0.2, 0) is 11.4 Å². The number of halogens is 1. The van der Waals surface area contributed by atoms with Gasteiger partial charge in [-0.15, -0.1) is 0 Å². The van der Waals surface area contributed by atoms with Crippen molar-refractivity contribution in [3.8, 4) is 17.5 Å². The number of benzene rings is 3. The Morgan fingerprint density at radius 2 is 1.84 bits per heavy atom. The van der Waals surface area contributed by atoms with E-state index in [4.69, 9.17) is 26.7 Å². The molecule has 0 fully saturated rings. The van der Waals surface area contributed by atoms with Crippen LogP contribution >= 0.6 is 11.6 Å². The van der Waals surface area contributed by atoms with Crippen molar-refractivity contribution < 1.29 is 19.4 Å². The van der Waals surface area contributed by atoms with Gasteiger partial charge in [-0.2, -0.15) is 5.26 Å². The van der Waals surface area contributed by atoms with E-state index in [2.05, 4.69) is 6.07 Å². The van der Waals surface area contributed by atoms with Crippen LogP contribution in [0.15, 0.2) is 72.9 Å². The molecule has 31 heavy (non-hydrogen) atoms. The topological polar surface area (TPSA) is 92.3 Å². The van der Waals surface area contributed by atoms with Crippen molar-refractivity contribution in [2.75, 3.05) is 0 Å². The zero-order valence-electron chi connectivity index (χ0n) is 16.1. The summed E-state index contributed by atoms with van der Waals surface area (Å²) in [7, 11) is 0. The molecule has 1 aromatic heterocycles. The predicted molar refractivity (Wildman–Crippen MR) is 116 cm³/mol. The molecule has 0 aliphatic heterocycles. The molecule has 152 valence electrons. The van der Waals surface area contributed by atoms with E-state index in [0.29, 0.717) is 39.5 Å². The Hall–Kier alpha value is -4.08. The number of aliphatic carboxylic acids is 1. The van der Waals surface area contributed by atoms with Crippen molar-refractivity contribution in [1.82, 2.24) is 4.57 Å². The highest BCUT2D eigenvalue weighted by Crippen LogP contribution is 2.29. The van der Waals surface area contributed by atoms with Crippen LogP contribution in [0, 0.1) is 11.3 Å². The van der Waals surface area contributed by atoms with Crippen LogP contribution in [-0.4, -0.2) is 21.4 Å². The Labute approximate surface area is 182 Å². The van der Waals surface area contributed by atoms with E-state index in [0.717, 1.165) is 5.56 Å². The maximum absolute atomic E-state index is 12.2. The number of ether oxygens (including phenoxy) is 1. The number of hydrogen-bond acceptors (Lipinski definition) is 4. The van der Waals surface area contributed by atoms with E-state index in [1.807, 2.05) is 24.3 Å². The summed E-state index contributed by atoms with van der Waals surface area (Å²) in [5.41, 5.74) is 2.91. The van der Waals surface area contributed by atoms with E-state index in [1.165, 1.54) is 6.20 Å². The van der Waals surface area contributed by atoms with Crippen molar-refractivity contribution in [2.45, 2.75) is 6.61 Å². The summed E-state index contributed by atoms with van der Waals surface area (Å²) < 4.78 is 7.61. The van der Waals surface area contributed by atoms with Gasteiger partial charge in [0.15, 0.2) is 0 Å². The monoisotopic (exact) mass is 430 g/mol. The molecule has 0 aliphatic rings. The van der Waals surface area contributed by atoms with Crippen LogP contribution in [0.25, 0.3) is 16.6 Å². The molecule has 0 radical (unpaired) electrons. The van der Waals surface area contributed by atoms with E-state index in [1.54, 1.807) is 47.0 Å². The molecule has 1 heterocycles. The zero-order valence-corrected chi connectivity index (χ0v) is 16.8. The highest BCUT2D eigenvalue weighted by Gasteiger charge is 2.21. The summed E-state index contributed by atoms with van der Waals surface area (Å²) in [6.07, 6.45) is 1.50. The van der Waals surface area contributed by atoms with Gasteiger partial charge < -0.3 is 14.4 Å². The minimum absolute atomic E-state index is 0.0638. The average Bonchev–Trinajstić information content (AvgIpc) is 3.16. The molecule has 4 rings (SSSR count). The van der Waals surface area contributed by atoms with E-state index < -0.39 is 11.8 Å². The van der Waals surface area contributed by atoms with Crippen LogP contribution in [0.4, 0.5) is 0 Å². The fourth-order valence-electron chi connectivity index (χ4n) is 3.28. The number of ketones is 1. The Balaban J connectivity index is 1.67. The Morgan fingerprint density at radius 1 is 1.06 bits per heavy atom. The number of nitrogens with zero attached hydrogens (tertiary/aromatic N) is 2. The highest BCUT2D eigenvalue weighted by molar-refractivity contribution is 6.42. The number of carboxylic acid groups (broad SMARTS) is 1. The standard InChI is InChI=1S/C24H15ClN2O4/c25-17-8-9-22-20(10-17)21(23(28)24(29)30)13-27(22)18-2-1-3-19(11-18)31-14-16-6-4-15(12-26)5-7-16/h1-11,13H,14H2,(H,29,30). The zero-order chi connectivity index (χ0) is 22.0. The minimum Gasteiger partial charge on any atom is -0.489 e. The maximum Gasteiger partial charge on any atom is 0.377 e. The molecule has 6 nitrogen and oxygen atoms in total. The van der Waals surface area contributed by atoms with Crippen LogP contribution in [0.5, 0.6) is 5.75 Å². The van der Waals surface area contributed by atoms with Gasteiger partial charge in [-0.25, -0.2) is 4.79 Å². The lowest BCUT2D eigenvalue weighted by Crippen LogP contribution is -2.12. The molecule has 0 unspecified atom stereocenters. The molecule has 0 saturated carbocycles. The number of carbonyl (C=O) groups excluding carboxylic acids is 1. The van der Waals surface area contributed by atoms with Gasteiger partial charge in [-0.05, 0) is 48.0 Å². The van der Waals surface area contributed by atoms with Crippen LogP contribution in [0.1, 0.15) is 21.5 Å². The normalized spacial score (nSPS) is 10.6. The van der Waals surface area contributed by atoms with Crippen molar-refractivity contribution >= 4 is 34.3 Å².